The molecule has 1 N–H and O–H groups in total. The predicted molar refractivity (Wildman–Crippen MR) is 127 cm³/mol. The maximum atomic E-state index is 12.8. The van der Waals surface area contributed by atoms with Gasteiger partial charge in [0.15, 0.2) is 6.61 Å². The van der Waals surface area contributed by atoms with Crippen molar-refractivity contribution in [2.75, 3.05) is 6.61 Å². The Kier molecular flexibility index (Phi) is 7.00. The molecular weight excluding hydrogens is 465 g/mol. The van der Waals surface area contributed by atoms with E-state index in [1.54, 1.807) is 41.8 Å². The molecule has 0 bridgehead atoms. The highest BCUT2D eigenvalue weighted by Crippen LogP contribution is 2.26. The molecule has 0 radical (unpaired) electrons. The van der Waals surface area contributed by atoms with Gasteiger partial charge in [-0.05, 0) is 55.7 Å². The van der Waals surface area contributed by atoms with Crippen molar-refractivity contribution in [3.8, 4) is 0 Å². The van der Waals surface area contributed by atoms with Crippen LogP contribution in [-0.2, 0) is 22.5 Å². The molecule has 0 spiro atoms. The minimum Gasteiger partial charge on any atom is -0.452 e. The van der Waals surface area contributed by atoms with Gasteiger partial charge in [0.2, 0.25) is 0 Å². The number of carbonyl (C=O) groups excluding carboxylic acids is 2. The molecule has 1 aliphatic rings. The Hall–Kier alpha value is -2.90. The quantitative estimate of drug-likeness (QED) is 0.536. The number of halogens is 2. The van der Waals surface area contributed by atoms with E-state index in [1.807, 2.05) is 0 Å². The number of benzene rings is 2. The van der Waals surface area contributed by atoms with Crippen LogP contribution in [0.5, 0.6) is 0 Å². The van der Waals surface area contributed by atoms with Crippen molar-refractivity contribution < 1.29 is 14.3 Å². The fourth-order valence-corrected chi connectivity index (χ4v) is 4.55. The first kappa shape index (κ1) is 23.3. The number of carbonyl (C=O) groups is 2. The van der Waals surface area contributed by atoms with Crippen molar-refractivity contribution in [3.05, 3.63) is 73.7 Å². The summed E-state index contributed by atoms with van der Waals surface area (Å²) in [7, 11) is 0. The zero-order valence-corrected chi connectivity index (χ0v) is 19.6. The first-order chi connectivity index (χ1) is 15.8. The van der Waals surface area contributed by atoms with Gasteiger partial charge < -0.3 is 10.1 Å². The van der Waals surface area contributed by atoms with Crippen LogP contribution in [0.3, 0.4) is 0 Å². The second-order valence-corrected chi connectivity index (χ2v) is 8.90. The third-order valence-corrected chi connectivity index (χ3v) is 6.26. The highest BCUT2D eigenvalue weighted by Gasteiger charge is 2.18. The molecule has 33 heavy (non-hydrogen) atoms. The molecule has 0 fully saturated rings. The van der Waals surface area contributed by atoms with Crippen LogP contribution in [-0.4, -0.2) is 28.0 Å². The van der Waals surface area contributed by atoms with E-state index in [2.05, 4.69) is 10.3 Å². The van der Waals surface area contributed by atoms with Crippen LogP contribution in [0.1, 0.15) is 54.0 Å². The Morgan fingerprint density at radius 3 is 2.76 bits per heavy atom. The molecule has 0 saturated carbocycles. The molecule has 1 atom stereocenters. The number of hydrogen-bond acceptors (Lipinski definition) is 5. The second-order valence-electron chi connectivity index (χ2n) is 8.06. The largest absolute Gasteiger partial charge is 0.452 e. The van der Waals surface area contributed by atoms with Crippen LogP contribution in [0.25, 0.3) is 10.9 Å². The molecule has 3 aromatic rings. The third kappa shape index (κ3) is 5.20. The number of fused-ring (bicyclic) bond motifs is 2. The lowest BCUT2D eigenvalue weighted by molar-refractivity contribution is -0.124. The van der Waals surface area contributed by atoms with E-state index in [4.69, 9.17) is 27.9 Å². The SMILES string of the molecule is C[C@H](NC(=O)COC(=O)c1ccc2c(=O)n3c(nc2c1)CCCCC3)c1ccc(Cl)cc1Cl. The highest BCUT2D eigenvalue weighted by molar-refractivity contribution is 6.35. The summed E-state index contributed by atoms with van der Waals surface area (Å²) in [6.07, 6.45) is 3.72. The van der Waals surface area contributed by atoms with Gasteiger partial charge >= 0.3 is 5.97 Å². The maximum Gasteiger partial charge on any atom is 0.338 e. The van der Waals surface area contributed by atoms with Crippen molar-refractivity contribution in [3.63, 3.8) is 0 Å². The van der Waals surface area contributed by atoms with E-state index in [0.717, 1.165) is 31.5 Å². The molecule has 1 aromatic heterocycles. The van der Waals surface area contributed by atoms with Crippen molar-refractivity contribution in [1.82, 2.24) is 14.9 Å². The first-order valence-corrected chi connectivity index (χ1v) is 11.5. The van der Waals surface area contributed by atoms with Crippen molar-refractivity contribution in [1.29, 1.82) is 0 Å². The molecule has 1 aliphatic heterocycles. The molecule has 0 saturated heterocycles. The van der Waals surface area contributed by atoms with Crippen LogP contribution in [0.4, 0.5) is 0 Å². The summed E-state index contributed by atoms with van der Waals surface area (Å²) in [5, 5.41) is 4.14. The summed E-state index contributed by atoms with van der Waals surface area (Å²) in [5.41, 5.74) is 1.30. The zero-order chi connectivity index (χ0) is 23.5. The molecule has 7 nitrogen and oxygen atoms in total. The lowest BCUT2D eigenvalue weighted by Gasteiger charge is -2.16. The summed E-state index contributed by atoms with van der Waals surface area (Å²) < 4.78 is 6.90. The average Bonchev–Trinajstić information content (AvgIpc) is 3.03. The normalized spacial score (nSPS) is 14.3. The lowest BCUT2D eigenvalue weighted by Crippen LogP contribution is -2.31. The summed E-state index contributed by atoms with van der Waals surface area (Å²) in [6, 6.07) is 9.26. The monoisotopic (exact) mass is 487 g/mol. The van der Waals surface area contributed by atoms with E-state index < -0.39 is 24.5 Å². The summed E-state index contributed by atoms with van der Waals surface area (Å²) in [4.78, 5) is 42.2. The maximum absolute atomic E-state index is 12.8. The molecule has 2 aromatic carbocycles. The molecule has 9 heteroatoms. The highest BCUT2D eigenvalue weighted by atomic mass is 35.5. The predicted octanol–water partition coefficient (Wildman–Crippen LogP) is 4.46. The van der Waals surface area contributed by atoms with E-state index in [0.29, 0.717) is 33.1 Å². The minimum atomic E-state index is -0.666. The second kappa shape index (κ2) is 9.93. The number of nitrogens with zero attached hydrogens (tertiary/aromatic N) is 2. The standard InChI is InChI=1S/C24H23Cl2N3O4/c1-14(17-9-7-16(25)12-19(17)26)27-22(30)13-33-24(32)15-6-8-18-20(11-15)28-21-5-3-2-4-10-29(21)23(18)31/h6-9,11-12,14H,2-5,10,13H2,1H3,(H,27,30)/t14-/m0/s1. The number of hydrogen-bond donors (Lipinski definition) is 1. The molecular formula is C24H23Cl2N3O4. The number of rotatable bonds is 5. The van der Waals surface area contributed by atoms with E-state index in [1.165, 1.54) is 6.07 Å². The van der Waals surface area contributed by atoms with E-state index in [9.17, 15) is 14.4 Å². The van der Waals surface area contributed by atoms with Gasteiger partial charge in [0.05, 0.1) is 22.5 Å². The Balaban J connectivity index is 1.43. The van der Waals surface area contributed by atoms with Crippen LogP contribution in [0, 0.1) is 0 Å². The minimum absolute atomic E-state index is 0.0916. The van der Waals surface area contributed by atoms with Crippen LogP contribution in [0.2, 0.25) is 10.0 Å². The molecule has 0 aliphatic carbocycles. The Morgan fingerprint density at radius 2 is 1.97 bits per heavy atom. The van der Waals surface area contributed by atoms with Gasteiger partial charge in [0, 0.05) is 23.0 Å². The zero-order valence-electron chi connectivity index (χ0n) is 18.1. The van der Waals surface area contributed by atoms with Gasteiger partial charge in [-0.15, -0.1) is 0 Å². The van der Waals surface area contributed by atoms with Gasteiger partial charge in [-0.25, -0.2) is 9.78 Å². The topological polar surface area (TPSA) is 90.3 Å². The van der Waals surface area contributed by atoms with Crippen molar-refractivity contribution in [2.45, 2.75) is 45.2 Å². The molecule has 172 valence electrons. The van der Waals surface area contributed by atoms with Gasteiger partial charge in [-0.1, -0.05) is 35.7 Å². The fourth-order valence-electron chi connectivity index (χ4n) is 3.97. The van der Waals surface area contributed by atoms with Gasteiger partial charge in [0.1, 0.15) is 5.82 Å². The van der Waals surface area contributed by atoms with E-state index >= 15 is 0 Å². The number of amides is 1. The van der Waals surface area contributed by atoms with Gasteiger partial charge in [0.25, 0.3) is 11.5 Å². The first-order valence-electron chi connectivity index (χ1n) is 10.8. The number of ether oxygens (including phenoxy) is 1. The Bertz CT molecular complexity index is 1290. The summed E-state index contributed by atoms with van der Waals surface area (Å²) >= 11 is 12.1. The Morgan fingerprint density at radius 1 is 1.15 bits per heavy atom. The lowest BCUT2D eigenvalue weighted by atomic mass is 10.1. The summed E-state index contributed by atoms with van der Waals surface area (Å²) in [5.74, 6) is -0.393. The van der Waals surface area contributed by atoms with Crippen LogP contribution < -0.4 is 10.9 Å². The molecule has 2 heterocycles. The van der Waals surface area contributed by atoms with Crippen molar-refractivity contribution >= 4 is 46.0 Å². The number of nitrogens with one attached hydrogen (secondary N) is 1. The third-order valence-electron chi connectivity index (χ3n) is 5.69. The van der Waals surface area contributed by atoms with E-state index in [-0.39, 0.29) is 11.1 Å². The smallest absolute Gasteiger partial charge is 0.338 e. The number of aromatic nitrogens is 2. The van der Waals surface area contributed by atoms with Crippen LogP contribution in [0.15, 0.2) is 41.2 Å². The molecule has 1 amide bonds. The van der Waals surface area contributed by atoms with Crippen LogP contribution >= 0.6 is 23.2 Å². The number of esters is 1. The Labute approximate surface area is 200 Å². The van der Waals surface area contributed by atoms with Gasteiger partial charge in [-0.2, -0.15) is 0 Å². The number of aryl methyl sites for hydroxylation is 1. The molecule has 4 rings (SSSR count). The molecule has 0 unspecified atom stereocenters. The average molecular weight is 488 g/mol. The summed E-state index contributed by atoms with van der Waals surface area (Å²) in [6.45, 7) is 1.98. The van der Waals surface area contributed by atoms with Crippen molar-refractivity contribution in [2.24, 2.45) is 0 Å². The fraction of sp³-hybridized carbons (Fsp3) is 0.333. The van der Waals surface area contributed by atoms with Gasteiger partial charge in [-0.3, -0.25) is 14.2 Å².